The summed E-state index contributed by atoms with van der Waals surface area (Å²) in [6, 6.07) is 6.50. The van der Waals surface area contributed by atoms with Crippen molar-refractivity contribution >= 4 is 22.9 Å². The number of nitrogens with two attached hydrogens (primary N) is 1. The van der Waals surface area contributed by atoms with Crippen LogP contribution in [-0.4, -0.2) is 11.0 Å². The first-order valence-electron chi connectivity index (χ1n) is 5.58. The second-order valence-corrected chi connectivity index (χ2v) is 5.03. The van der Waals surface area contributed by atoms with Gasteiger partial charge in [-0.3, -0.25) is 0 Å². The fraction of sp³-hybridized carbons (Fsp3) is 0.462. The first-order chi connectivity index (χ1) is 7.41. The number of benzene rings is 1. The molecular formula is C13H20N2S. The Bertz CT molecular complexity index is 386. The van der Waals surface area contributed by atoms with Gasteiger partial charge in [0.1, 0.15) is 4.99 Å². The van der Waals surface area contributed by atoms with Crippen LogP contribution in [0.4, 0.5) is 5.69 Å². The normalized spacial score (nSPS) is 12.6. The smallest absolute Gasteiger partial charge is 0.106 e. The third-order valence-electron chi connectivity index (χ3n) is 2.82. The molecule has 0 aliphatic carbocycles. The summed E-state index contributed by atoms with van der Waals surface area (Å²) in [5, 5.41) is 3.46. The van der Waals surface area contributed by atoms with Gasteiger partial charge in [-0.1, -0.05) is 32.1 Å². The van der Waals surface area contributed by atoms with Crippen molar-refractivity contribution in [1.82, 2.24) is 0 Å². The highest BCUT2D eigenvalue weighted by Gasteiger charge is 2.10. The molecule has 1 aromatic rings. The molecule has 0 saturated carbocycles. The topological polar surface area (TPSA) is 38.0 Å². The van der Waals surface area contributed by atoms with Gasteiger partial charge in [-0.15, -0.1) is 0 Å². The molecule has 1 unspecified atom stereocenters. The third-order valence-corrected chi connectivity index (χ3v) is 3.04. The monoisotopic (exact) mass is 236 g/mol. The van der Waals surface area contributed by atoms with Gasteiger partial charge in [0.2, 0.25) is 0 Å². The first-order valence-corrected chi connectivity index (χ1v) is 5.99. The van der Waals surface area contributed by atoms with Gasteiger partial charge < -0.3 is 11.1 Å². The van der Waals surface area contributed by atoms with Crippen LogP contribution >= 0.6 is 12.2 Å². The lowest BCUT2D eigenvalue weighted by molar-refractivity contribution is 0.560. The maximum absolute atomic E-state index is 5.71. The van der Waals surface area contributed by atoms with Gasteiger partial charge >= 0.3 is 0 Å². The molecule has 3 heteroatoms. The summed E-state index contributed by atoms with van der Waals surface area (Å²) in [5.41, 5.74) is 8.87. The third kappa shape index (κ3) is 3.20. The summed E-state index contributed by atoms with van der Waals surface area (Å²) in [6.07, 6.45) is 0. The average molecular weight is 236 g/mol. The second kappa shape index (κ2) is 5.30. The molecule has 0 amide bonds. The Morgan fingerprint density at radius 1 is 1.31 bits per heavy atom. The van der Waals surface area contributed by atoms with E-state index in [-0.39, 0.29) is 0 Å². The summed E-state index contributed by atoms with van der Waals surface area (Å²) in [7, 11) is 0. The van der Waals surface area contributed by atoms with E-state index in [4.69, 9.17) is 18.0 Å². The highest BCUT2D eigenvalue weighted by Crippen LogP contribution is 2.20. The molecular weight excluding hydrogens is 216 g/mol. The van der Waals surface area contributed by atoms with Crippen molar-refractivity contribution in [2.24, 2.45) is 11.7 Å². The van der Waals surface area contributed by atoms with E-state index < -0.39 is 0 Å². The van der Waals surface area contributed by atoms with Crippen LogP contribution in [0.2, 0.25) is 0 Å². The van der Waals surface area contributed by atoms with Crippen LogP contribution in [0, 0.1) is 12.8 Å². The minimum absolute atomic E-state index is 0.398. The molecule has 0 saturated heterocycles. The Balaban J connectivity index is 3.01. The summed E-state index contributed by atoms with van der Waals surface area (Å²) in [5.74, 6) is 0.569. The molecule has 1 aromatic carbocycles. The number of hydrogen-bond acceptors (Lipinski definition) is 2. The fourth-order valence-corrected chi connectivity index (χ4v) is 1.58. The van der Waals surface area contributed by atoms with Crippen molar-refractivity contribution in [3.8, 4) is 0 Å². The molecule has 0 bridgehead atoms. The fourth-order valence-electron chi connectivity index (χ4n) is 1.40. The van der Waals surface area contributed by atoms with Crippen LogP contribution < -0.4 is 11.1 Å². The van der Waals surface area contributed by atoms with Crippen LogP contribution in [0.3, 0.4) is 0 Å². The number of thiocarbonyl (C=S) groups is 1. The van der Waals surface area contributed by atoms with E-state index in [9.17, 15) is 0 Å². The van der Waals surface area contributed by atoms with Crippen LogP contribution in [0.25, 0.3) is 0 Å². The number of rotatable bonds is 4. The number of aryl methyl sites for hydroxylation is 1. The quantitative estimate of drug-likeness (QED) is 0.789. The lowest BCUT2D eigenvalue weighted by Gasteiger charge is -2.21. The van der Waals surface area contributed by atoms with Crippen LogP contribution in [0.15, 0.2) is 18.2 Å². The Morgan fingerprint density at radius 3 is 2.44 bits per heavy atom. The Labute approximate surface area is 103 Å². The zero-order chi connectivity index (χ0) is 12.3. The van der Waals surface area contributed by atoms with Gasteiger partial charge in [0.25, 0.3) is 0 Å². The zero-order valence-corrected chi connectivity index (χ0v) is 11.2. The van der Waals surface area contributed by atoms with Crippen molar-refractivity contribution < 1.29 is 0 Å². The summed E-state index contributed by atoms with van der Waals surface area (Å²) >= 11 is 5.05. The lowest BCUT2D eigenvalue weighted by Crippen LogP contribution is -2.24. The Hall–Kier alpha value is -1.09. The number of nitrogens with one attached hydrogen (secondary N) is 1. The van der Waals surface area contributed by atoms with Gasteiger partial charge in [-0.2, -0.15) is 0 Å². The summed E-state index contributed by atoms with van der Waals surface area (Å²) in [6.45, 7) is 8.60. The molecule has 3 N–H and O–H groups in total. The van der Waals surface area contributed by atoms with Crippen LogP contribution in [0.1, 0.15) is 31.9 Å². The highest BCUT2D eigenvalue weighted by molar-refractivity contribution is 7.80. The molecule has 0 heterocycles. The SMILES string of the molecule is Cc1ccc(C(N)=S)c(NC(C)C(C)C)c1. The van der Waals surface area contributed by atoms with Gasteiger partial charge in [0.15, 0.2) is 0 Å². The van der Waals surface area contributed by atoms with Crippen LogP contribution in [0.5, 0.6) is 0 Å². The molecule has 0 fully saturated rings. The van der Waals surface area contributed by atoms with Gasteiger partial charge in [-0.25, -0.2) is 0 Å². The van der Waals surface area contributed by atoms with E-state index in [0.717, 1.165) is 11.3 Å². The average Bonchev–Trinajstić information content (AvgIpc) is 2.16. The second-order valence-electron chi connectivity index (χ2n) is 4.59. The molecule has 2 nitrogen and oxygen atoms in total. The van der Waals surface area contributed by atoms with Gasteiger partial charge in [0, 0.05) is 17.3 Å². The molecule has 0 radical (unpaired) electrons. The number of anilines is 1. The molecule has 16 heavy (non-hydrogen) atoms. The van der Waals surface area contributed by atoms with Crippen molar-refractivity contribution in [1.29, 1.82) is 0 Å². The highest BCUT2D eigenvalue weighted by atomic mass is 32.1. The minimum atomic E-state index is 0.398. The van der Waals surface area contributed by atoms with E-state index in [1.54, 1.807) is 0 Å². The van der Waals surface area contributed by atoms with E-state index in [0.29, 0.717) is 16.9 Å². The number of hydrogen-bond donors (Lipinski definition) is 2. The van der Waals surface area contributed by atoms with Gasteiger partial charge in [0.05, 0.1) is 0 Å². The summed E-state index contributed by atoms with van der Waals surface area (Å²) in [4.78, 5) is 0.443. The minimum Gasteiger partial charge on any atom is -0.389 e. The Morgan fingerprint density at radius 2 is 1.94 bits per heavy atom. The van der Waals surface area contributed by atoms with E-state index in [2.05, 4.69) is 39.1 Å². The van der Waals surface area contributed by atoms with Crippen LogP contribution in [-0.2, 0) is 0 Å². The zero-order valence-electron chi connectivity index (χ0n) is 10.4. The molecule has 0 aliphatic rings. The van der Waals surface area contributed by atoms with E-state index in [1.165, 1.54) is 5.56 Å². The molecule has 1 atom stereocenters. The maximum Gasteiger partial charge on any atom is 0.106 e. The van der Waals surface area contributed by atoms with E-state index in [1.807, 2.05) is 12.1 Å². The molecule has 88 valence electrons. The van der Waals surface area contributed by atoms with Gasteiger partial charge in [-0.05, 0) is 37.5 Å². The predicted octanol–water partition coefficient (Wildman–Crippen LogP) is 3.09. The van der Waals surface area contributed by atoms with Crippen molar-refractivity contribution in [2.45, 2.75) is 33.7 Å². The standard InChI is InChI=1S/C13H20N2S/c1-8(2)10(4)15-12-7-9(3)5-6-11(12)13(14)16/h5-8,10,15H,1-4H3,(H2,14,16). The van der Waals surface area contributed by atoms with Crippen molar-refractivity contribution in [3.05, 3.63) is 29.3 Å². The lowest BCUT2D eigenvalue weighted by atomic mass is 10.0. The molecule has 0 aromatic heterocycles. The van der Waals surface area contributed by atoms with Crippen molar-refractivity contribution in [3.63, 3.8) is 0 Å². The van der Waals surface area contributed by atoms with E-state index >= 15 is 0 Å². The first kappa shape index (κ1) is 13.0. The largest absolute Gasteiger partial charge is 0.389 e. The molecule has 0 spiro atoms. The summed E-state index contributed by atoms with van der Waals surface area (Å²) < 4.78 is 0. The van der Waals surface area contributed by atoms with Crippen molar-refractivity contribution in [2.75, 3.05) is 5.32 Å². The predicted molar refractivity (Wildman–Crippen MR) is 75.0 cm³/mol. The molecule has 1 rings (SSSR count). The Kier molecular flexibility index (Phi) is 4.30. The maximum atomic E-state index is 5.71. The molecule has 0 aliphatic heterocycles.